The standard InChI is InChI=1S/C12H13ClN4O2S/c13-9-3-1-8(2-4-9)11-15-16-12(20)17(11)7-10(19)14-5-6-18/h1-4,18H,5-7H2,(H,14,19)(H,16,20). The molecule has 1 aromatic heterocycles. The highest BCUT2D eigenvalue weighted by atomic mass is 35.5. The second-order valence-corrected chi connectivity index (χ2v) is 4.84. The van der Waals surface area contributed by atoms with Crippen molar-refractivity contribution in [2.24, 2.45) is 0 Å². The fourth-order valence-corrected chi connectivity index (χ4v) is 2.00. The Bertz CT molecular complexity index is 650. The van der Waals surface area contributed by atoms with Gasteiger partial charge in [-0.25, -0.2) is 0 Å². The molecule has 0 saturated carbocycles. The van der Waals surface area contributed by atoms with E-state index in [1.165, 1.54) is 0 Å². The lowest BCUT2D eigenvalue weighted by molar-refractivity contribution is -0.121. The number of hydrogen-bond donors (Lipinski definition) is 3. The fourth-order valence-electron chi connectivity index (χ4n) is 1.68. The van der Waals surface area contributed by atoms with E-state index in [2.05, 4.69) is 15.5 Å². The number of aliphatic hydroxyl groups excluding tert-OH is 1. The Labute approximate surface area is 125 Å². The van der Waals surface area contributed by atoms with Crippen molar-refractivity contribution in [2.75, 3.05) is 13.2 Å². The largest absolute Gasteiger partial charge is 0.395 e. The molecule has 3 N–H and O–H groups in total. The Kier molecular flexibility index (Phi) is 4.89. The molecule has 6 nitrogen and oxygen atoms in total. The van der Waals surface area contributed by atoms with E-state index in [1.807, 2.05) is 0 Å². The number of aromatic nitrogens is 3. The summed E-state index contributed by atoms with van der Waals surface area (Å²) in [4.78, 5) is 11.7. The van der Waals surface area contributed by atoms with Crippen LogP contribution in [-0.4, -0.2) is 38.9 Å². The number of H-pyrrole nitrogens is 1. The number of amides is 1. The van der Waals surface area contributed by atoms with Gasteiger partial charge in [-0.15, -0.1) is 0 Å². The van der Waals surface area contributed by atoms with Gasteiger partial charge in [0.2, 0.25) is 5.91 Å². The van der Waals surface area contributed by atoms with Crippen LogP contribution in [0.1, 0.15) is 0 Å². The normalized spacial score (nSPS) is 10.5. The van der Waals surface area contributed by atoms with Crippen LogP contribution in [0.4, 0.5) is 0 Å². The van der Waals surface area contributed by atoms with Crippen molar-refractivity contribution in [1.29, 1.82) is 0 Å². The van der Waals surface area contributed by atoms with Gasteiger partial charge < -0.3 is 10.4 Å². The molecule has 0 spiro atoms. The third-order valence-corrected chi connectivity index (χ3v) is 3.16. The van der Waals surface area contributed by atoms with E-state index >= 15 is 0 Å². The van der Waals surface area contributed by atoms with Gasteiger partial charge in [0.05, 0.1) is 6.61 Å². The molecule has 0 unspecified atom stereocenters. The average Bonchev–Trinajstić information content (AvgIpc) is 2.79. The van der Waals surface area contributed by atoms with Gasteiger partial charge >= 0.3 is 0 Å². The number of carbonyl (C=O) groups is 1. The molecular formula is C12H13ClN4O2S. The molecule has 0 saturated heterocycles. The smallest absolute Gasteiger partial charge is 0.240 e. The molecule has 0 aliphatic rings. The third-order valence-electron chi connectivity index (χ3n) is 2.60. The predicted molar refractivity (Wildman–Crippen MR) is 78.0 cm³/mol. The number of rotatable bonds is 5. The Hall–Kier alpha value is -1.70. The summed E-state index contributed by atoms with van der Waals surface area (Å²) in [5.74, 6) is 0.317. The number of nitrogens with zero attached hydrogens (tertiary/aromatic N) is 2. The third kappa shape index (κ3) is 3.44. The van der Waals surface area contributed by atoms with Crippen LogP contribution >= 0.6 is 23.8 Å². The molecule has 2 rings (SSSR count). The van der Waals surface area contributed by atoms with Crippen molar-refractivity contribution in [2.45, 2.75) is 6.54 Å². The highest BCUT2D eigenvalue weighted by Gasteiger charge is 2.11. The monoisotopic (exact) mass is 312 g/mol. The molecule has 1 aromatic carbocycles. The van der Waals surface area contributed by atoms with Crippen LogP contribution in [0.25, 0.3) is 11.4 Å². The van der Waals surface area contributed by atoms with E-state index < -0.39 is 0 Å². The Morgan fingerprint density at radius 3 is 2.80 bits per heavy atom. The first kappa shape index (κ1) is 14.7. The minimum Gasteiger partial charge on any atom is -0.395 e. The highest BCUT2D eigenvalue weighted by Crippen LogP contribution is 2.19. The van der Waals surface area contributed by atoms with Crippen molar-refractivity contribution in [3.8, 4) is 11.4 Å². The van der Waals surface area contributed by atoms with Crippen LogP contribution in [0.15, 0.2) is 24.3 Å². The van der Waals surface area contributed by atoms with Gasteiger partial charge in [0.1, 0.15) is 6.54 Å². The maximum absolute atomic E-state index is 11.7. The molecular weight excluding hydrogens is 300 g/mol. The number of nitrogens with one attached hydrogen (secondary N) is 2. The van der Waals surface area contributed by atoms with Gasteiger partial charge in [0.25, 0.3) is 0 Å². The first-order valence-corrected chi connectivity index (χ1v) is 6.69. The molecule has 8 heteroatoms. The van der Waals surface area contributed by atoms with Gasteiger partial charge in [-0.05, 0) is 36.5 Å². The zero-order valence-corrected chi connectivity index (χ0v) is 12.0. The number of hydrogen-bond acceptors (Lipinski definition) is 4. The Balaban J connectivity index is 2.25. The molecule has 0 radical (unpaired) electrons. The highest BCUT2D eigenvalue weighted by molar-refractivity contribution is 7.71. The van der Waals surface area contributed by atoms with E-state index in [4.69, 9.17) is 28.9 Å². The topological polar surface area (TPSA) is 82.9 Å². The minimum absolute atomic E-state index is 0.0350. The van der Waals surface area contributed by atoms with Crippen LogP contribution in [0.3, 0.4) is 0 Å². The molecule has 0 fully saturated rings. The number of aliphatic hydroxyl groups is 1. The Morgan fingerprint density at radius 1 is 1.45 bits per heavy atom. The summed E-state index contributed by atoms with van der Waals surface area (Å²) in [5.41, 5.74) is 0.803. The van der Waals surface area contributed by atoms with Crippen LogP contribution in [0.5, 0.6) is 0 Å². The lowest BCUT2D eigenvalue weighted by atomic mass is 10.2. The summed E-state index contributed by atoms with van der Waals surface area (Å²) >= 11 is 11.0. The molecule has 1 amide bonds. The van der Waals surface area contributed by atoms with Gasteiger partial charge in [0, 0.05) is 17.1 Å². The minimum atomic E-state index is -0.244. The molecule has 1 heterocycles. The van der Waals surface area contributed by atoms with Crippen LogP contribution < -0.4 is 5.32 Å². The molecule has 0 bridgehead atoms. The van der Waals surface area contributed by atoms with Crippen LogP contribution in [0.2, 0.25) is 5.02 Å². The maximum Gasteiger partial charge on any atom is 0.240 e. The van der Waals surface area contributed by atoms with Gasteiger partial charge in [-0.1, -0.05) is 11.6 Å². The summed E-state index contributed by atoms with van der Waals surface area (Å²) in [7, 11) is 0. The summed E-state index contributed by atoms with van der Waals surface area (Å²) in [6.07, 6.45) is 0. The number of carbonyl (C=O) groups excluding carboxylic acids is 1. The Morgan fingerprint density at radius 2 is 2.15 bits per heavy atom. The van der Waals surface area contributed by atoms with Gasteiger partial charge in [-0.3, -0.25) is 14.5 Å². The first-order chi connectivity index (χ1) is 9.61. The number of aromatic amines is 1. The fraction of sp³-hybridized carbons (Fsp3) is 0.250. The quantitative estimate of drug-likeness (QED) is 0.728. The molecule has 2 aromatic rings. The van der Waals surface area contributed by atoms with E-state index in [0.717, 1.165) is 5.56 Å². The molecule has 106 valence electrons. The molecule has 0 atom stereocenters. The summed E-state index contributed by atoms with van der Waals surface area (Å²) < 4.78 is 1.94. The SMILES string of the molecule is O=C(Cn1c(-c2ccc(Cl)cc2)n[nH]c1=S)NCCO. The molecule has 0 aliphatic heterocycles. The van der Waals surface area contributed by atoms with E-state index in [9.17, 15) is 4.79 Å². The van der Waals surface area contributed by atoms with Crippen LogP contribution in [-0.2, 0) is 11.3 Å². The summed E-state index contributed by atoms with van der Waals surface area (Å²) in [5, 5.41) is 18.7. The zero-order chi connectivity index (χ0) is 14.5. The first-order valence-electron chi connectivity index (χ1n) is 5.90. The van der Waals surface area contributed by atoms with Crippen molar-refractivity contribution in [3.05, 3.63) is 34.1 Å². The number of halogens is 1. The second-order valence-electron chi connectivity index (χ2n) is 4.02. The molecule has 0 aliphatic carbocycles. The lowest BCUT2D eigenvalue weighted by Crippen LogP contribution is -2.30. The predicted octanol–water partition coefficient (Wildman–Crippen LogP) is 1.37. The van der Waals surface area contributed by atoms with Crippen molar-refractivity contribution in [1.82, 2.24) is 20.1 Å². The van der Waals surface area contributed by atoms with Gasteiger partial charge in [0.15, 0.2) is 10.6 Å². The van der Waals surface area contributed by atoms with E-state index in [1.54, 1.807) is 28.8 Å². The zero-order valence-electron chi connectivity index (χ0n) is 10.5. The maximum atomic E-state index is 11.7. The lowest BCUT2D eigenvalue weighted by Gasteiger charge is -2.07. The van der Waals surface area contributed by atoms with E-state index in [0.29, 0.717) is 15.6 Å². The molecule has 20 heavy (non-hydrogen) atoms. The van der Waals surface area contributed by atoms with Crippen molar-refractivity contribution in [3.63, 3.8) is 0 Å². The average molecular weight is 313 g/mol. The van der Waals surface area contributed by atoms with Crippen molar-refractivity contribution < 1.29 is 9.90 Å². The van der Waals surface area contributed by atoms with E-state index in [-0.39, 0.29) is 25.6 Å². The second kappa shape index (κ2) is 6.65. The summed E-state index contributed by atoms with van der Waals surface area (Å²) in [6, 6.07) is 7.08. The number of benzene rings is 1. The van der Waals surface area contributed by atoms with Crippen molar-refractivity contribution >= 4 is 29.7 Å². The summed E-state index contributed by atoms with van der Waals surface area (Å²) in [6.45, 7) is 0.139. The van der Waals surface area contributed by atoms with Crippen LogP contribution in [0, 0.1) is 4.77 Å². The van der Waals surface area contributed by atoms with Gasteiger partial charge in [-0.2, -0.15) is 5.10 Å².